The van der Waals surface area contributed by atoms with Crippen molar-refractivity contribution in [3.63, 3.8) is 0 Å². The molecule has 0 saturated carbocycles. The number of hydrogen-bond acceptors (Lipinski definition) is 5. The largest absolute Gasteiger partial charge is 0.350 e. The molecule has 0 bridgehead atoms. The lowest BCUT2D eigenvalue weighted by Gasteiger charge is -2.20. The first kappa shape index (κ1) is 19.6. The standard InChI is InChI=1S/C22H24N4O2S/c1-14-3-8-19-16(9-14)10-18-21(25-19)24-13-26(22(18)28)12-20(27)23-11-15-4-6-17(29-2)7-5-15/h4-7,10,13-14H,3,8-9,11-12H2,1-2H3,(H,23,27). The Morgan fingerprint density at radius 3 is 2.86 bits per heavy atom. The van der Waals surface area contributed by atoms with Crippen LogP contribution >= 0.6 is 11.8 Å². The monoisotopic (exact) mass is 408 g/mol. The zero-order valence-corrected chi connectivity index (χ0v) is 17.5. The first-order valence-corrected chi connectivity index (χ1v) is 11.0. The smallest absolute Gasteiger partial charge is 0.263 e. The molecule has 0 fully saturated rings. The van der Waals surface area contributed by atoms with E-state index in [1.54, 1.807) is 11.8 Å². The Bertz CT molecular complexity index is 1110. The maximum absolute atomic E-state index is 12.9. The molecule has 6 nitrogen and oxygen atoms in total. The van der Waals surface area contributed by atoms with Crippen molar-refractivity contribution in [3.05, 3.63) is 63.8 Å². The Morgan fingerprint density at radius 2 is 2.10 bits per heavy atom. The number of thioether (sulfide) groups is 1. The van der Waals surface area contributed by atoms with Gasteiger partial charge in [-0.2, -0.15) is 0 Å². The summed E-state index contributed by atoms with van der Waals surface area (Å²) in [7, 11) is 0. The fourth-order valence-electron chi connectivity index (χ4n) is 3.69. The summed E-state index contributed by atoms with van der Waals surface area (Å²) in [5.74, 6) is 0.373. The highest BCUT2D eigenvalue weighted by molar-refractivity contribution is 7.98. The van der Waals surface area contributed by atoms with Crippen LogP contribution in [-0.4, -0.2) is 26.7 Å². The maximum Gasteiger partial charge on any atom is 0.263 e. The quantitative estimate of drug-likeness (QED) is 0.657. The van der Waals surface area contributed by atoms with Gasteiger partial charge >= 0.3 is 0 Å². The first-order valence-electron chi connectivity index (χ1n) is 9.81. The minimum absolute atomic E-state index is 0.0574. The first-order chi connectivity index (χ1) is 14.0. The number of fused-ring (bicyclic) bond motifs is 2. The minimum Gasteiger partial charge on any atom is -0.350 e. The number of aromatic nitrogens is 3. The van der Waals surface area contributed by atoms with Crippen molar-refractivity contribution in [1.82, 2.24) is 19.9 Å². The van der Waals surface area contributed by atoms with Crippen molar-refractivity contribution in [3.8, 4) is 0 Å². The zero-order chi connectivity index (χ0) is 20.4. The predicted molar refractivity (Wildman–Crippen MR) is 115 cm³/mol. The fourth-order valence-corrected chi connectivity index (χ4v) is 4.10. The van der Waals surface area contributed by atoms with Crippen LogP contribution in [0.5, 0.6) is 0 Å². The van der Waals surface area contributed by atoms with E-state index in [1.165, 1.54) is 15.8 Å². The molecule has 1 unspecified atom stereocenters. The molecule has 1 aromatic carbocycles. The second-order valence-electron chi connectivity index (χ2n) is 7.62. The van der Waals surface area contributed by atoms with Crippen molar-refractivity contribution in [2.45, 2.75) is 44.2 Å². The van der Waals surface area contributed by atoms with E-state index in [9.17, 15) is 9.59 Å². The lowest BCUT2D eigenvalue weighted by molar-refractivity contribution is -0.121. The lowest BCUT2D eigenvalue weighted by atomic mass is 9.87. The molecule has 4 rings (SSSR count). The molecule has 1 amide bonds. The van der Waals surface area contributed by atoms with Crippen LogP contribution in [0.4, 0.5) is 0 Å². The lowest BCUT2D eigenvalue weighted by Crippen LogP contribution is -2.32. The summed E-state index contributed by atoms with van der Waals surface area (Å²) in [5, 5.41) is 3.35. The molecule has 0 spiro atoms. The van der Waals surface area contributed by atoms with Crippen LogP contribution in [0.1, 0.15) is 30.2 Å². The molecule has 0 aliphatic heterocycles. The van der Waals surface area contributed by atoms with Crippen LogP contribution in [0.3, 0.4) is 0 Å². The van der Waals surface area contributed by atoms with Gasteiger partial charge in [-0.1, -0.05) is 19.1 Å². The van der Waals surface area contributed by atoms with E-state index in [4.69, 9.17) is 0 Å². The topological polar surface area (TPSA) is 76.9 Å². The van der Waals surface area contributed by atoms with Crippen molar-refractivity contribution in [2.24, 2.45) is 5.92 Å². The van der Waals surface area contributed by atoms with Gasteiger partial charge in [-0.15, -0.1) is 11.8 Å². The van der Waals surface area contributed by atoms with E-state index < -0.39 is 0 Å². The van der Waals surface area contributed by atoms with Crippen LogP contribution in [0.2, 0.25) is 0 Å². The maximum atomic E-state index is 12.9. The van der Waals surface area contributed by atoms with Crippen molar-refractivity contribution < 1.29 is 4.79 Å². The predicted octanol–water partition coefficient (Wildman–Crippen LogP) is 2.95. The zero-order valence-electron chi connectivity index (χ0n) is 16.6. The molecule has 2 aromatic heterocycles. The van der Waals surface area contributed by atoms with Gasteiger partial charge in [-0.25, -0.2) is 9.97 Å². The normalized spacial score (nSPS) is 15.9. The van der Waals surface area contributed by atoms with E-state index in [0.717, 1.165) is 36.1 Å². The van der Waals surface area contributed by atoms with Crippen LogP contribution in [0, 0.1) is 5.92 Å². The van der Waals surface area contributed by atoms with Gasteiger partial charge in [0.1, 0.15) is 12.9 Å². The highest BCUT2D eigenvalue weighted by Crippen LogP contribution is 2.25. The average molecular weight is 409 g/mol. The summed E-state index contributed by atoms with van der Waals surface area (Å²) in [6, 6.07) is 9.96. The van der Waals surface area contributed by atoms with Gasteiger partial charge in [0, 0.05) is 17.1 Å². The van der Waals surface area contributed by atoms with Crippen LogP contribution in [0.15, 0.2) is 46.3 Å². The van der Waals surface area contributed by atoms with Crippen LogP contribution in [-0.2, 0) is 30.7 Å². The Balaban J connectivity index is 1.49. The van der Waals surface area contributed by atoms with Gasteiger partial charge in [0.05, 0.1) is 5.39 Å². The molecular formula is C22H24N4O2S. The molecule has 150 valence electrons. The average Bonchev–Trinajstić information content (AvgIpc) is 2.73. The molecule has 1 aliphatic rings. The number of aryl methyl sites for hydroxylation is 1. The summed E-state index contributed by atoms with van der Waals surface area (Å²) in [6.07, 6.45) is 6.42. The third-order valence-corrected chi connectivity index (χ3v) is 6.13. The van der Waals surface area contributed by atoms with E-state index in [1.807, 2.05) is 36.6 Å². The summed E-state index contributed by atoms with van der Waals surface area (Å²) in [5.41, 5.74) is 3.44. The number of pyridine rings is 1. The van der Waals surface area contributed by atoms with Gasteiger partial charge in [0.2, 0.25) is 5.91 Å². The van der Waals surface area contributed by atoms with Crippen molar-refractivity contribution >= 4 is 28.7 Å². The number of carbonyl (C=O) groups excluding carboxylic acids is 1. The molecular weight excluding hydrogens is 384 g/mol. The molecule has 29 heavy (non-hydrogen) atoms. The molecule has 1 atom stereocenters. The summed E-state index contributed by atoms with van der Waals surface area (Å²) < 4.78 is 1.36. The van der Waals surface area contributed by atoms with Gasteiger partial charge in [0.15, 0.2) is 5.65 Å². The van der Waals surface area contributed by atoms with Gasteiger partial charge < -0.3 is 5.32 Å². The second kappa shape index (κ2) is 8.37. The Labute approximate surface area is 173 Å². The van der Waals surface area contributed by atoms with Gasteiger partial charge in [0.25, 0.3) is 5.56 Å². The Kier molecular flexibility index (Phi) is 5.67. The number of rotatable bonds is 5. The van der Waals surface area contributed by atoms with Crippen LogP contribution < -0.4 is 10.9 Å². The Hall–Kier alpha value is -2.67. The molecule has 7 heteroatoms. The minimum atomic E-state index is -0.221. The summed E-state index contributed by atoms with van der Waals surface area (Å²) in [4.78, 5) is 35.3. The van der Waals surface area contributed by atoms with Crippen molar-refractivity contribution in [2.75, 3.05) is 6.26 Å². The number of benzene rings is 1. The van der Waals surface area contributed by atoms with E-state index in [-0.39, 0.29) is 18.0 Å². The molecule has 0 saturated heterocycles. The number of carbonyl (C=O) groups is 1. The Morgan fingerprint density at radius 1 is 1.31 bits per heavy atom. The second-order valence-corrected chi connectivity index (χ2v) is 8.50. The van der Waals surface area contributed by atoms with Crippen LogP contribution in [0.25, 0.3) is 11.0 Å². The number of nitrogens with zero attached hydrogens (tertiary/aromatic N) is 3. The fraction of sp³-hybridized carbons (Fsp3) is 0.364. The van der Waals surface area contributed by atoms with Gasteiger partial charge in [-0.3, -0.25) is 14.2 Å². The molecule has 0 radical (unpaired) electrons. The third kappa shape index (κ3) is 4.34. The molecule has 2 heterocycles. The summed E-state index contributed by atoms with van der Waals surface area (Å²) in [6.45, 7) is 2.59. The van der Waals surface area contributed by atoms with E-state index in [0.29, 0.717) is 23.5 Å². The number of hydrogen-bond donors (Lipinski definition) is 1. The highest BCUT2D eigenvalue weighted by Gasteiger charge is 2.19. The summed E-state index contributed by atoms with van der Waals surface area (Å²) >= 11 is 1.68. The molecule has 1 N–H and O–H groups in total. The molecule has 3 aromatic rings. The van der Waals surface area contributed by atoms with Crippen molar-refractivity contribution in [1.29, 1.82) is 0 Å². The third-order valence-electron chi connectivity index (χ3n) is 5.39. The highest BCUT2D eigenvalue weighted by atomic mass is 32.2. The SMILES string of the molecule is CSc1ccc(CNC(=O)Cn2cnc3nc4c(cc3c2=O)CC(C)CC4)cc1. The number of amides is 1. The van der Waals surface area contributed by atoms with Gasteiger partial charge in [-0.05, 0) is 60.8 Å². The van der Waals surface area contributed by atoms with E-state index >= 15 is 0 Å². The van der Waals surface area contributed by atoms with E-state index in [2.05, 4.69) is 22.2 Å². The molecule has 1 aliphatic carbocycles. The number of nitrogens with one attached hydrogen (secondary N) is 1.